The average Bonchev–Trinajstić information content (AvgIpc) is 2.64. The van der Waals surface area contributed by atoms with Gasteiger partial charge in [-0.2, -0.15) is 0 Å². The summed E-state index contributed by atoms with van der Waals surface area (Å²) in [5.41, 5.74) is 9.34. The van der Waals surface area contributed by atoms with E-state index in [1.54, 1.807) is 0 Å². The maximum Gasteiger partial charge on any atom is 0.115 e. The molecule has 158 valence electrons. The Balaban J connectivity index is 2.82. The number of aryl methyl sites for hydroxylation is 2. The van der Waals surface area contributed by atoms with Crippen molar-refractivity contribution in [2.75, 3.05) is 0 Å². The molecule has 1 atom stereocenters. The predicted octanol–water partition coefficient (Wildman–Crippen LogP) is 8.26. The van der Waals surface area contributed by atoms with Crippen molar-refractivity contribution in [3.63, 3.8) is 0 Å². The normalized spacial score (nSPS) is 13.4. The van der Waals surface area contributed by atoms with E-state index in [0.717, 1.165) is 24.0 Å². The summed E-state index contributed by atoms with van der Waals surface area (Å²) in [6.07, 6.45) is 1.95. The maximum atomic E-state index is 12.0. The topological polar surface area (TPSA) is 29.4 Å². The van der Waals surface area contributed by atoms with Crippen molar-refractivity contribution in [1.82, 2.24) is 0 Å². The van der Waals surface area contributed by atoms with E-state index in [-0.39, 0.29) is 16.7 Å². The highest BCUT2D eigenvalue weighted by atomic mass is 16.3. The summed E-state index contributed by atoms with van der Waals surface area (Å²) < 4.78 is 0. The standard InChI is InChI=1S/C27H39NO/c1-11-19-13-21(18(4)23(15-19)26(5,6)7)17(3)22-14-20(12-2)16-24(25(22)28-29)27(8,9)10/h13-17H,11-12H2,1-10H3. The lowest BCUT2D eigenvalue weighted by atomic mass is 9.76. The van der Waals surface area contributed by atoms with Crippen LogP contribution in [0.1, 0.15) is 107 Å². The van der Waals surface area contributed by atoms with Crippen molar-refractivity contribution in [3.8, 4) is 0 Å². The summed E-state index contributed by atoms with van der Waals surface area (Å²) in [5, 5.41) is 3.55. The van der Waals surface area contributed by atoms with Crippen molar-refractivity contribution >= 4 is 5.69 Å². The third-order valence-corrected chi connectivity index (χ3v) is 6.16. The van der Waals surface area contributed by atoms with Crippen molar-refractivity contribution in [2.45, 2.75) is 98.8 Å². The fourth-order valence-electron chi connectivity index (χ4n) is 4.33. The van der Waals surface area contributed by atoms with Gasteiger partial charge in [0, 0.05) is 5.92 Å². The quantitative estimate of drug-likeness (QED) is 0.470. The Morgan fingerprint density at radius 3 is 1.66 bits per heavy atom. The van der Waals surface area contributed by atoms with E-state index < -0.39 is 0 Å². The highest BCUT2D eigenvalue weighted by molar-refractivity contribution is 5.61. The van der Waals surface area contributed by atoms with E-state index >= 15 is 0 Å². The van der Waals surface area contributed by atoms with Gasteiger partial charge in [0.25, 0.3) is 0 Å². The molecule has 0 N–H and O–H groups in total. The monoisotopic (exact) mass is 393 g/mol. The molecule has 1 unspecified atom stereocenters. The lowest BCUT2D eigenvalue weighted by Gasteiger charge is -2.29. The Labute approximate surface area is 178 Å². The van der Waals surface area contributed by atoms with Crippen LogP contribution in [0, 0.1) is 11.8 Å². The zero-order valence-electron chi connectivity index (χ0n) is 20.2. The largest absolute Gasteiger partial charge is 0.145 e. The van der Waals surface area contributed by atoms with Gasteiger partial charge >= 0.3 is 0 Å². The lowest BCUT2D eigenvalue weighted by molar-refractivity contribution is 0.582. The van der Waals surface area contributed by atoms with Crippen LogP contribution in [0.5, 0.6) is 0 Å². The fraction of sp³-hybridized carbons (Fsp3) is 0.556. The van der Waals surface area contributed by atoms with Crippen LogP contribution in [0.4, 0.5) is 5.69 Å². The number of hydrogen-bond acceptors (Lipinski definition) is 2. The van der Waals surface area contributed by atoms with Gasteiger partial charge in [0.05, 0.1) is 0 Å². The molecule has 0 aliphatic carbocycles. The van der Waals surface area contributed by atoms with Crippen LogP contribution < -0.4 is 0 Å². The highest BCUT2D eigenvalue weighted by Gasteiger charge is 2.27. The molecule has 2 rings (SSSR count). The molecule has 0 saturated carbocycles. The third-order valence-electron chi connectivity index (χ3n) is 6.16. The van der Waals surface area contributed by atoms with Gasteiger partial charge in [-0.15, -0.1) is 4.91 Å². The Morgan fingerprint density at radius 1 is 0.793 bits per heavy atom. The van der Waals surface area contributed by atoms with Gasteiger partial charge < -0.3 is 0 Å². The second-order valence-corrected chi connectivity index (χ2v) is 10.5. The number of nitroso groups, excluding NO2 is 1. The Kier molecular flexibility index (Phi) is 6.77. The molecule has 2 heteroatoms. The molecule has 29 heavy (non-hydrogen) atoms. The van der Waals surface area contributed by atoms with Crippen molar-refractivity contribution in [3.05, 3.63) is 68.1 Å². The second-order valence-electron chi connectivity index (χ2n) is 10.5. The Hall–Kier alpha value is -1.96. The number of benzene rings is 2. The van der Waals surface area contributed by atoms with Crippen molar-refractivity contribution in [1.29, 1.82) is 0 Å². The van der Waals surface area contributed by atoms with Crippen LogP contribution in [0.3, 0.4) is 0 Å². The van der Waals surface area contributed by atoms with E-state index in [2.05, 4.69) is 98.7 Å². The average molecular weight is 394 g/mol. The van der Waals surface area contributed by atoms with Gasteiger partial charge in [0.1, 0.15) is 5.69 Å². The minimum atomic E-state index is -0.125. The molecule has 0 fully saturated rings. The van der Waals surface area contributed by atoms with E-state index in [1.165, 1.54) is 27.8 Å². The van der Waals surface area contributed by atoms with E-state index in [9.17, 15) is 4.91 Å². The molecule has 0 heterocycles. The Morgan fingerprint density at radius 2 is 1.24 bits per heavy atom. The lowest BCUT2D eigenvalue weighted by Crippen LogP contribution is -2.17. The predicted molar refractivity (Wildman–Crippen MR) is 127 cm³/mol. The summed E-state index contributed by atoms with van der Waals surface area (Å²) in [6.45, 7) is 22.1. The molecule has 2 aromatic carbocycles. The van der Waals surface area contributed by atoms with Crippen LogP contribution >= 0.6 is 0 Å². The molecule has 0 radical (unpaired) electrons. The molecular weight excluding hydrogens is 354 g/mol. The summed E-state index contributed by atoms with van der Waals surface area (Å²) in [6, 6.07) is 9.06. The first-order valence-corrected chi connectivity index (χ1v) is 11.0. The van der Waals surface area contributed by atoms with Gasteiger partial charge in [0.15, 0.2) is 0 Å². The zero-order valence-corrected chi connectivity index (χ0v) is 20.2. The van der Waals surface area contributed by atoms with Crippen molar-refractivity contribution < 1.29 is 0 Å². The van der Waals surface area contributed by atoms with Crippen LogP contribution in [0.25, 0.3) is 0 Å². The molecule has 0 bridgehead atoms. The molecule has 0 aliphatic rings. The van der Waals surface area contributed by atoms with Gasteiger partial charge in [0.2, 0.25) is 0 Å². The SMILES string of the molecule is CCc1cc(C(C)c2cc(CC)cc(C(C)(C)C)c2N=O)c(C)c(C(C)(C)C)c1. The maximum absolute atomic E-state index is 12.0. The van der Waals surface area contributed by atoms with Crippen molar-refractivity contribution in [2.24, 2.45) is 5.18 Å². The first-order valence-electron chi connectivity index (χ1n) is 11.0. The first-order chi connectivity index (χ1) is 13.3. The molecule has 2 aromatic rings. The molecular formula is C27H39NO. The summed E-state index contributed by atoms with van der Waals surface area (Å²) in [7, 11) is 0. The highest BCUT2D eigenvalue weighted by Crippen LogP contribution is 2.42. The van der Waals surface area contributed by atoms with Crippen LogP contribution in [-0.2, 0) is 23.7 Å². The fourth-order valence-corrected chi connectivity index (χ4v) is 4.33. The second kappa shape index (κ2) is 8.42. The molecule has 0 aromatic heterocycles. The minimum Gasteiger partial charge on any atom is -0.145 e. The molecule has 0 spiro atoms. The smallest absolute Gasteiger partial charge is 0.115 e. The molecule has 0 amide bonds. The van der Waals surface area contributed by atoms with E-state index in [1.807, 2.05) is 0 Å². The number of nitrogens with zero attached hydrogens (tertiary/aromatic N) is 1. The van der Waals surface area contributed by atoms with Crippen LogP contribution in [-0.4, -0.2) is 0 Å². The Bertz CT molecular complexity index is 894. The minimum absolute atomic E-state index is 0.0807. The van der Waals surface area contributed by atoms with E-state index in [0.29, 0.717) is 5.69 Å². The van der Waals surface area contributed by atoms with Gasteiger partial charge in [-0.05, 0) is 74.7 Å². The van der Waals surface area contributed by atoms with Crippen LogP contribution in [0.15, 0.2) is 29.4 Å². The van der Waals surface area contributed by atoms with E-state index in [4.69, 9.17) is 0 Å². The molecule has 0 aliphatic heterocycles. The van der Waals surface area contributed by atoms with Crippen LogP contribution in [0.2, 0.25) is 0 Å². The summed E-state index contributed by atoms with van der Waals surface area (Å²) >= 11 is 0. The third kappa shape index (κ3) is 4.79. The molecule has 0 saturated heterocycles. The van der Waals surface area contributed by atoms with Gasteiger partial charge in [-0.1, -0.05) is 86.6 Å². The zero-order chi connectivity index (χ0) is 22.1. The first kappa shape index (κ1) is 23.3. The molecule has 2 nitrogen and oxygen atoms in total. The summed E-state index contributed by atoms with van der Waals surface area (Å²) in [5.74, 6) is 0.114. The van der Waals surface area contributed by atoms with Gasteiger partial charge in [-0.25, -0.2) is 0 Å². The summed E-state index contributed by atoms with van der Waals surface area (Å²) in [4.78, 5) is 12.0. The number of hydrogen-bond donors (Lipinski definition) is 0. The number of rotatable bonds is 5. The van der Waals surface area contributed by atoms with Gasteiger partial charge in [-0.3, -0.25) is 0 Å².